The molecule has 12 nitrogen and oxygen atoms in total. The minimum atomic E-state index is -1.06. The lowest BCUT2D eigenvalue weighted by molar-refractivity contribution is 0.0867. The smallest absolute Gasteiger partial charge is 0.426 e. The van der Waals surface area contributed by atoms with Gasteiger partial charge in [0.1, 0.15) is 18.1 Å². The molecule has 180 valence electrons. The molecule has 0 aliphatic heterocycles. The van der Waals surface area contributed by atoms with Crippen LogP contribution in [0.4, 0.5) is 9.18 Å². The zero-order valence-electron chi connectivity index (χ0n) is 18.2. The lowest BCUT2D eigenvalue weighted by atomic mass is 10.00. The standard InChI is InChI=1S/C21H16ClFN6O6/c1-10-25-19(29-34-10)18-12(4-3-5-13(18)22)11-6-14(23)15(24-8-11)9-33-21(31)27-26-20(30)16-7-17(32-2)28-35-16/h3-8H,9H2,1-2H3,(H,26,30)(H,27,31). The summed E-state index contributed by atoms with van der Waals surface area (Å²) >= 11 is 6.33. The molecule has 4 rings (SSSR count). The summed E-state index contributed by atoms with van der Waals surface area (Å²) in [5.41, 5.74) is 5.27. The highest BCUT2D eigenvalue weighted by molar-refractivity contribution is 6.33. The van der Waals surface area contributed by atoms with Gasteiger partial charge in [0.05, 0.1) is 18.2 Å². The molecule has 0 atom stereocenters. The van der Waals surface area contributed by atoms with Crippen LogP contribution in [-0.2, 0) is 11.3 Å². The third-order valence-corrected chi connectivity index (χ3v) is 4.85. The number of aromatic nitrogens is 4. The van der Waals surface area contributed by atoms with Crippen LogP contribution in [0.1, 0.15) is 22.1 Å². The normalized spacial score (nSPS) is 10.6. The van der Waals surface area contributed by atoms with Crippen LogP contribution >= 0.6 is 11.6 Å². The molecule has 3 aromatic heterocycles. The number of rotatable bonds is 6. The molecule has 0 saturated carbocycles. The van der Waals surface area contributed by atoms with Crippen molar-refractivity contribution in [3.05, 3.63) is 64.7 Å². The van der Waals surface area contributed by atoms with Crippen LogP contribution in [0.2, 0.25) is 5.02 Å². The van der Waals surface area contributed by atoms with Gasteiger partial charge < -0.3 is 18.5 Å². The van der Waals surface area contributed by atoms with Crippen molar-refractivity contribution in [3.8, 4) is 28.4 Å². The first kappa shape index (κ1) is 23.6. The van der Waals surface area contributed by atoms with Gasteiger partial charge in [-0.3, -0.25) is 15.2 Å². The summed E-state index contributed by atoms with van der Waals surface area (Å²) in [6.07, 6.45) is 0.334. The lowest BCUT2D eigenvalue weighted by Crippen LogP contribution is -2.41. The molecule has 0 bridgehead atoms. The van der Waals surface area contributed by atoms with E-state index in [9.17, 15) is 14.0 Å². The Hall–Kier alpha value is -4.52. The number of hydrogen-bond donors (Lipinski definition) is 2. The first-order valence-corrected chi connectivity index (χ1v) is 10.2. The molecule has 2 amide bonds. The molecular weight excluding hydrogens is 487 g/mol. The van der Waals surface area contributed by atoms with Crippen LogP contribution in [0.15, 0.2) is 45.6 Å². The third-order valence-electron chi connectivity index (χ3n) is 4.53. The Morgan fingerprint density at radius 3 is 2.69 bits per heavy atom. The molecule has 3 heterocycles. The number of methoxy groups -OCH3 is 1. The molecular formula is C21H16ClFN6O6. The molecule has 0 saturated heterocycles. The highest BCUT2D eigenvalue weighted by Crippen LogP contribution is 2.36. The van der Waals surface area contributed by atoms with E-state index in [1.165, 1.54) is 25.4 Å². The fourth-order valence-corrected chi connectivity index (χ4v) is 3.17. The van der Waals surface area contributed by atoms with Crippen molar-refractivity contribution in [3.63, 3.8) is 0 Å². The third kappa shape index (κ3) is 5.35. The van der Waals surface area contributed by atoms with E-state index in [0.717, 1.165) is 0 Å². The van der Waals surface area contributed by atoms with Gasteiger partial charge >= 0.3 is 12.0 Å². The number of aryl methyl sites for hydroxylation is 1. The SMILES string of the molecule is COc1cc(C(=O)NNC(=O)OCc2ncc(-c3cccc(Cl)c3-c3noc(C)n3)cc2F)on1. The molecule has 0 aliphatic rings. The number of pyridine rings is 1. The fourth-order valence-electron chi connectivity index (χ4n) is 2.91. The minimum absolute atomic E-state index is 0.0834. The van der Waals surface area contributed by atoms with E-state index in [4.69, 9.17) is 30.1 Å². The predicted octanol–water partition coefficient (Wildman–Crippen LogP) is 3.47. The topological polar surface area (TPSA) is 154 Å². The monoisotopic (exact) mass is 502 g/mol. The molecule has 0 unspecified atom stereocenters. The summed E-state index contributed by atoms with van der Waals surface area (Å²) in [5, 5.41) is 7.68. The predicted molar refractivity (Wildman–Crippen MR) is 117 cm³/mol. The Balaban J connectivity index is 1.41. The van der Waals surface area contributed by atoms with Crippen molar-refractivity contribution in [1.82, 2.24) is 31.1 Å². The summed E-state index contributed by atoms with van der Waals surface area (Å²) < 4.78 is 34.2. The average molecular weight is 503 g/mol. The van der Waals surface area contributed by atoms with E-state index in [1.54, 1.807) is 25.1 Å². The quantitative estimate of drug-likeness (QED) is 0.374. The van der Waals surface area contributed by atoms with Crippen LogP contribution in [0, 0.1) is 12.7 Å². The summed E-state index contributed by atoms with van der Waals surface area (Å²) in [6.45, 7) is 1.13. The van der Waals surface area contributed by atoms with Gasteiger partial charge in [0.15, 0.2) is 0 Å². The Kier molecular flexibility index (Phi) is 6.87. The molecule has 14 heteroatoms. The maximum Gasteiger partial charge on any atom is 0.426 e. The maximum absolute atomic E-state index is 14.7. The van der Waals surface area contributed by atoms with E-state index >= 15 is 0 Å². The molecule has 4 aromatic rings. The zero-order chi connectivity index (χ0) is 24.9. The van der Waals surface area contributed by atoms with Gasteiger partial charge in [-0.1, -0.05) is 28.9 Å². The Morgan fingerprint density at radius 1 is 1.17 bits per heavy atom. The summed E-state index contributed by atoms with van der Waals surface area (Å²) in [6, 6.07) is 7.48. The van der Waals surface area contributed by atoms with Crippen molar-refractivity contribution in [1.29, 1.82) is 0 Å². The number of nitrogens with one attached hydrogen (secondary N) is 2. The van der Waals surface area contributed by atoms with Gasteiger partial charge in [0.25, 0.3) is 5.88 Å². The van der Waals surface area contributed by atoms with Crippen LogP contribution in [0.5, 0.6) is 5.88 Å². The van der Waals surface area contributed by atoms with Crippen molar-refractivity contribution in [2.75, 3.05) is 7.11 Å². The summed E-state index contributed by atoms with van der Waals surface area (Å²) in [7, 11) is 1.34. The number of amides is 2. The van der Waals surface area contributed by atoms with Gasteiger partial charge in [-0.2, -0.15) is 4.98 Å². The first-order chi connectivity index (χ1) is 16.9. The lowest BCUT2D eigenvalue weighted by Gasteiger charge is -2.11. The molecule has 0 aliphatic carbocycles. The van der Waals surface area contributed by atoms with E-state index in [0.29, 0.717) is 27.6 Å². The van der Waals surface area contributed by atoms with E-state index in [-0.39, 0.29) is 23.2 Å². The summed E-state index contributed by atoms with van der Waals surface area (Å²) in [5.74, 6) is -1.07. The largest absolute Gasteiger partial charge is 0.479 e. The second-order valence-electron chi connectivity index (χ2n) is 6.84. The Morgan fingerprint density at radius 2 is 2.00 bits per heavy atom. The molecule has 1 aromatic carbocycles. The number of carbonyl (C=O) groups excluding carboxylic acids is 2. The average Bonchev–Trinajstić information content (AvgIpc) is 3.50. The molecule has 0 spiro atoms. The molecule has 0 radical (unpaired) electrons. The van der Waals surface area contributed by atoms with E-state index in [2.05, 4.69) is 20.3 Å². The van der Waals surface area contributed by atoms with Gasteiger partial charge in [-0.15, -0.1) is 0 Å². The van der Waals surface area contributed by atoms with Gasteiger partial charge in [-0.25, -0.2) is 14.6 Å². The van der Waals surface area contributed by atoms with Crippen molar-refractivity contribution < 1.29 is 32.5 Å². The molecule has 2 N–H and O–H groups in total. The minimum Gasteiger partial charge on any atom is -0.479 e. The Bertz CT molecular complexity index is 1390. The second-order valence-corrected chi connectivity index (χ2v) is 7.25. The van der Waals surface area contributed by atoms with Crippen molar-refractivity contribution in [2.45, 2.75) is 13.5 Å². The maximum atomic E-state index is 14.7. The number of ether oxygens (including phenoxy) is 2. The molecule has 0 fully saturated rings. The van der Waals surface area contributed by atoms with Gasteiger partial charge in [-0.05, 0) is 22.9 Å². The highest BCUT2D eigenvalue weighted by Gasteiger charge is 2.19. The van der Waals surface area contributed by atoms with Crippen LogP contribution < -0.4 is 15.6 Å². The number of benzene rings is 1. The number of nitrogens with zero attached hydrogens (tertiary/aromatic N) is 4. The number of halogens is 2. The Labute approximate surface area is 201 Å². The van der Waals surface area contributed by atoms with E-state index < -0.39 is 24.4 Å². The van der Waals surface area contributed by atoms with E-state index in [1.807, 2.05) is 10.9 Å². The zero-order valence-corrected chi connectivity index (χ0v) is 18.9. The number of carbonyl (C=O) groups is 2. The van der Waals surface area contributed by atoms with Crippen LogP contribution in [0.25, 0.3) is 22.5 Å². The van der Waals surface area contributed by atoms with Gasteiger partial charge in [0.2, 0.25) is 17.5 Å². The first-order valence-electron chi connectivity index (χ1n) is 9.83. The fraction of sp³-hybridized carbons (Fsp3) is 0.143. The second kappa shape index (κ2) is 10.2. The number of hydrazine groups is 1. The van der Waals surface area contributed by atoms with Crippen LogP contribution in [0.3, 0.4) is 0 Å². The van der Waals surface area contributed by atoms with Gasteiger partial charge in [0, 0.05) is 24.2 Å². The number of hydrogen-bond acceptors (Lipinski definition) is 10. The van der Waals surface area contributed by atoms with Crippen LogP contribution in [-0.4, -0.2) is 39.4 Å². The summed E-state index contributed by atoms with van der Waals surface area (Å²) in [4.78, 5) is 31.9. The van der Waals surface area contributed by atoms with Crippen molar-refractivity contribution >= 4 is 23.6 Å². The highest BCUT2D eigenvalue weighted by atomic mass is 35.5. The molecule has 35 heavy (non-hydrogen) atoms. The van der Waals surface area contributed by atoms with Crippen molar-refractivity contribution in [2.24, 2.45) is 0 Å².